The molecule has 0 fully saturated rings. The third-order valence-corrected chi connectivity index (χ3v) is 5.22. The highest BCUT2D eigenvalue weighted by Gasteiger charge is 2.24. The van der Waals surface area contributed by atoms with Crippen LogP contribution in [0.4, 0.5) is 15.9 Å². The van der Waals surface area contributed by atoms with Crippen LogP contribution in [0.25, 0.3) is 11.1 Å². The van der Waals surface area contributed by atoms with Gasteiger partial charge in [-0.15, -0.1) is 0 Å². The zero-order chi connectivity index (χ0) is 22.3. The molecule has 1 atom stereocenters. The molecule has 0 saturated heterocycles. The lowest BCUT2D eigenvalue weighted by Gasteiger charge is -2.21. The number of aliphatic imine (C=N–C) groups is 1. The van der Waals surface area contributed by atoms with E-state index >= 15 is 0 Å². The van der Waals surface area contributed by atoms with E-state index in [1.165, 1.54) is 12.1 Å². The van der Waals surface area contributed by atoms with Gasteiger partial charge in [0, 0.05) is 44.0 Å². The number of anilines is 1. The number of nitrogens with two attached hydrogens (primary N) is 1. The molecule has 3 aromatic rings. The van der Waals surface area contributed by atoms with Crippen molar-refractivity contribution in [2.75, 3.05) is 19.8 Å². The number of aromatic nitrogens is 3. The van der Waals surface area contributed by atoms with E-state index < -0.39 is 6.10 Å². The third kappa shape index (κ3) is 3.68. The molecule has 9 heteroatoms. The quantitative estimate of drug-likeness (QED) is 0.599. The van der Waals surface area contributed by atoms with Crippen molar-refractivity contribution in [2.45, 2.75) is 19.4 Å². The van der Waals surface area contributed by atoms with E-state index in [1.54, 1.807) is 37.0 Å². The molecule has 0 aliphatic carbocycles. The first-order chi connectivity index (χ1) is 14.8. The minimum absolute atomic E-state index is 0.201. The summed E-state index contributed by atoms with van der Waals surface area (Å²) in [5.41, 5.74) is 9.61. The maximum absolute atomic E-state index is 14.1. The van der Waals surface area contributed by atoms with Crippen LogP contribution in [0.1, 0.15) is 30.0 Å². The molecule has 2 N–H and O–H groups in total. The molecule has 4 rings (SSSR count). The van der Waals surface area contributed by atoms with Gasteiger partial charge in [-0.3, -0.25) is 4.68 Å². The summed E-state index contributed by atoms with van der Waals surface area (Å²) >= 11 is 0. The zero-order valence-electron chi connectivity index (χ0n) is 17.7. The van der Waals surface area contributed by atoms with Gasteiger partial charge in [0.25, 0.3) is 0 Å². The zero-order valence-corrected chi connectivity index (χ0v) is 17.7. The predicted molar refractivity (Wildman–Crippen MR) is 115 cm³/mol. The molecular weight excluding hydrogens is 397 g/mol. The summed E-state index contributed by atoms with van der Waals surface area (Å²) < 4.78 is 21.7. The summed E-state index contributed by atoms with van der Waals surface area (Å²) in [4.78, 5) is 10.9. The second-order valence-corrected chi connectivity index (χ2v) is 7.58. The number of likely N-dealkylation sites (N-methyl/N-ethyl adjacent to an activating group) is 1. The third-order valence-electron chi connectivity index (χ3n) is 5.22. The summed E-state index contributed by atoms with van der Waals surface area (Å²) in [5.74, 6) is 0.866. The van der Waals surface area contributed by atoms with Crippen LogP contribution >= 0.6 is 0 Å². The first kappa shape index (κ1) is 20.3. The Balaban J connectivity index is 2.03. The average Bonchev–Trinajstić information content (AvgIpc) is 3.04. The number of pyridine rings is 1. The number of hydrogen-bond donors (Lipinski definition) is 1. The van der Waals surface area contributed by atoms with E-state index in [4.69, 9.17) is 15.5 Å². The number of nitrogens with zero attached hydrogens (tertiary/aromatic N) is 6. The van der Waals surface area contributed by atoms with Gasteiger partial charge in [-0.1, -0.05) is 0 Å². The summed E-state index contributed by atoms with van der Waals surface area (Å²) in [5, 5.41) is 14.3. The number of aryl methyl sites for hydroxylation is 1. The van der Waals surface area contributed by atoms with Gasteiger partial charge in [-0.2, -0.15) is 10.4 Å². The maximum atomic E-state index is 14.1. The van der Waals surface area contributed by atoms with Crippen LogP contribution in [0.5, 0.6) is 5.75 Å². The number of nitrogen functional groups attached to an aromatic ring is 1. The minimum Gasteiger partial charge on any atom is -0.482 e. The van der Waals surface area contributed by atoms with Crippen molar-refractivity contribution < 1.29 is 9.13 Å². The monoisotopic (exact) mass is 419 g/mol. The second kappa shape index (κ2) is 7.72. The van der Waals surface area contributed by atoms with Gasteiger partial charge < -0.3 is 15.4 Å². The molecule has 1 aliphatic heterocycles. The van der Waals surface area contributed by atoms with Gasteiger partial charge in [-0.05, 0) is 31.2 Å². The van der Waals surface area contributed by atoms with Crippen LogP contribution in [0.15, 0.2) is 35.5 Å². The Kier molecular flexibility index (Phi) is 5.07. The van der Waals surface area contributed by atoms with Crippen molar-refractivity contribution in [3.63, 3.8) is 0 Å². The highest BCUT2D eigenvalue weighted by molar-refractivity contribution is 5.89. The topological polar surface area (TPSA) is 105 Å². The van der Waals surface area contributed by atoms with Crippen molar-refractivity contribution in [1.29, 1.82) is 5.26 Å². The van der Waals surface area contributed by atoms with Crippen LogP contribution in [-0.2, 0) is 13.5 Å². The Hall–Kier alpha value is -3.93. The van der Waals surface area contributed by atoms with Crippen molar-refractivity contribution in [3.05, 3.63) is 53.2 Å². The maximum Gasteiger partial charge on any atom is 0.166 e. The smallest absolute Gasteiger partial charge is 0.166 e. The Morgan fingerprint density at radius 3 is 2.81 bits per heavy atom. The van der Waals surface area contributed by atoms with Gasteiger partial charge in [0.15, 0.2) is 11.6 Å². The van der Waals surface area contributed by atoms with Crippen molar-refractivity contribution in [1.82, 2.24) is 19.7 Å². The molecule has 2 bridgehead atoms. The van der Waals surface area contributed by atoms with Gasteiger partial charge in [-0.25, -0.2) is 14.4 Å². The standard InChI is InChI=1S/C22H22FN7O/c1-12-15-8-14(23)5-6-16(15)27-20(29(2)3)9-17-21(18(10-24)30(4)28-17)13-7-19(31-12)22(25)26-11-13/h5-8,11-12H,9H2,1-4H3,(H2,25,26)/b27-20+/t12-/m1/s1. The number of rotatable bonds is 0. The summed E-state index contributed by atoms with van der Waals surface area (Å²) in [6, 6.07) is 8.36. The van der Waals surface area contributed by atoms with Gasteiger partial charge >= 0.3 is 0 Å². The first-order valence-electron chi connectivity index (χ1n) is 9.71. The Morgan fingerprint density at radius 1 is 1.32 bits per heavy atom. The van der Waals surface area contributed by atoms with E-state index in [-0.39, 0.29) is 11.6 Å². The highest BCUT2D eigenvalue weighted by Crippen LogP contribution is 2.37. The van der Waals surface area contributed by atoms with Crippen LogP contribution in [-0.4, -0.2) is 39.6 Å². The van der Waals surface area contributed by atoms with Crippen LogP contribution in [0.2, 0.25) is 0 Å². The number of amidine groups is 1. The lowest BCUT2D eigenvalue weighted by atomic mass is 10.0. The fourth-order valence-electron chi connectivity index (χ4n) is 3.61. The van der Waals surface area contributed by atoms with Crippen molar-refractivity contribution in [3.8, 4) is 22.9 Å². The molecular formula is C22H22FN7O. The van der Waals surface area contributed by atoms with E-state index in [0.29, 0.717) is 51.8 Å². The molecule has 158 valence electrons. The molecule has 8 nitrogen and oxygen atoms in total. The van der Waals surface area contributed by atoms with Gasteiger partial charge in [0.2, 0.25) is 0 Å². The molecule has 3 heterocycles. The molecule has 0 radical (unpaired) electrons. The normalized spacial score (nSPS) is 17.0. The van der Waals surface area contributed by atoms with Gasteiger partial charge in [0.05, 0.1) is 17.8 Å². The van der Waals surface area contributed by atoms with Crippen LogP contribution in [0, 0.1) is 17.1 Å². The van der Waals surface area contributed by atoms with E-state index in [0.717, 1.165) is 0 Å². The van der Waals surface area contributed by atoms with Crippen molar-refractivity contribution >= 4 is 17.3 Å². The number of nitriles is 1. The van der Waals surface area contributed by atoms with Gasteiger partial charge in [0.1, 0.15) is 29.5 Å². The fraction of sp³-hybridized carbons (Fsp3) is 0.273. The number of halogens is 1. The molecule has 31 heavy (non-hydrogen) atoms. The molecule has 2 aromatic heterocycles. The average molecular weight is 419 g/mol. The first-order valence-corrected chi connectivity index (χ1v) is 9.71. The van der Waals surface area contributed by atoms with Crippen LogP contribution < -0.4 is 10.5 Å². The Labute approximate surface area is 179 Å². The lowest BCUT2D eigenvalue weighted by Crippen LogP contribution is -2.24. The molecule has 1 aliphatic rings. The van der Waals surface area contributed by atoms with Crippen LogP contribution in [0.3, 0.4) is 0 Å². The Bertz CT molecular complexity index is 1240. The lowest BCUT2D eigenvalue weighted by molar-refractivity contribution is 0.228. The number of hydrogen-bond acceptors (Lipinski definition) is 7. The largest absolute Gasteiger partial charge is 0.482 e. The van der Waals surface area contributed by atoms with E-state index in [2.05, 4.69) is 16.2 Å². The van der Waals surface area contributed by atoms with E-state index in [9.17, 15) is 9.65 Å². The number of fused-ring (bicyclic) bond motifs is 5. The highest BCUT2D eigenvalue weighted by atomic mass is 19.1. The van der Waals surface area contributed by atoms with Crippen molar-refractivity contribution in [2.24, 2.45) is 12.0 Å². The summed E-state index contributed by atoms with van der Waals surface area (Å²) in [7, 11) is 5.48. The molecule has 1 aromatic carbocycles. The van der Waals surface area contributed by atoms with E-state index in [1.807, 2.05) is 19.0 Å². The summed E-state index contributed by atoms with van der Waals surface area (Å²) in [6.45, 7) is 1.80. The molecule has 0 amide bonds. The second-order valence-electron chi connectivity index (χ2n) is 7.58. The predicted octanol–water partition coefficient (Wildman–Crippen LogP) is 3.36. The molecule has 0 saturated carbocycles. The minimum atomic E-state index is -0.541. The molecule has 0 spiro atoms. The Morgan fingerprint density at radius 2 is 2.10 bits per heavy atom. The fourth-order valence-corrected chi connectivity index (χ4v) is 3.61. The number of benzene rings is 1. The SMILES string of the molecule is C[C@H]1Oc2cc(cnc2N)-c2c(nn(C)c2C#N)C/C(N(C)C)=N\c2ccc(F)cc21. The molecule has 0 unspecified atom stereocenters. The number of ether oxygens (including phenoxy) is 1. The summed E-state index contributed by atoms with van der Waals surface area (Å²) in [6.07, 6.45) is 1.42.